The van der Waals surface area contributed by atoms with Crippen LogP contribution in [0.3, 0.4) is 0 Å². The lowest BCUT2D eigenvalue weighted by atomic mass is 9.98. The largest absolute Gasteiger partial charge is 0.444 e. The number of likely N-dealkylation sites (tertiary alicyclic amines) is 1. The number of carbonyl (C=O) groups is 1. The first kappa shape index (κ1) is 17.9. The third-order valence-electron chi connectivity index (χ3n) is 4.16. The van der Waals surface area contributed by atoms with Gasteiger partial charge in [-0.05, 0) is 45.6 Å². The number of benzene rings is 1. The molecule has 0 bridgehead atoms. The van der Waals surface area contributed by atoms with Crippen LogP contribution in [0.1, 0.15) is 33.6 Å². The molecule has 25 heavy (non-hydrogen) atoms. The predicted octanol–water partition coefficient (Wildman–Crippen LogP) is 3.87. The number of aromatic nitrogens is 3. The summed E-state index contributed by atoms with van der Waals surface area (Å²) in [5.74, 6) is -0.276. The van der Waals surface area contributed by atoms with Crippen LogP contribution in [-0.2, 0) is 11.3 Å². The molecule has 1 aromatic heterocycles. The van der Waals surface area contributed by atoms with E-state index in [0.717, 1.165) is 12.8 Å². The van der Waals surface area contributed by atoms with E-state index in [1.165, 1.54) is 12.1 Å². The standard InChI is InChI=1S/C17H22ClFN4O2/c1-17(2,3)25-16(24)22-6-4-5-11(9-22)10-23-15-8-13(19)12(18)7-14(15)20-21-23/h7-8,11H,4-6,9-10H2,1-3H3. The Morgan fingerprint density at radius 2 is 2.20 bits per heavy atom. The summed E-state index contributed by atoms with van der Waals surface area (Å²) in [6.07, 6.45) is 1.58. The molecule has 0 saturated carbocycles. The van der Waals surface area contributed by atoms with Crippen LogP contribution in [0.25, 0.3) is 11.0 Å². The van der Waals surface area contributed by atoms with Crippen LogP contribution in [0.5, 0.6) is 0 Å². The maximum Gasteiger partial charge on any atom is 0.410 e. The zero-order chi connectivity index (χ0) is 18.2. The van der Waals surface area contributed by atoms with Crippen molar-refractivity contribution in [2.75, 3.05) is 13.1 Å². The molecule has 1 amide bonds. The number of hydrogen-bond acceptors (Lipinski definition) is 4. The van der Waals surface area contributed by atoms with Crippen LogP contribution < -0.4 is 0 Å². The summed E-state index contributed by atoms with van der Waals surface area (Å²) in [5, 5.41) is 8.19. The van der Waals surface area contributed by atoms with Crippen LogP contribution in [-0.4, -0.2) is 44.7 Å². The molecular formula is C17H22ClFN4O2. The highest BCUT2D eigenvalue weighted by molar-refractivity contribution is 6.31. The monoisotopic (exact) mass is 368 g/mol. The van der Waals surface area contributed by atoms with Crippen LogP contribution in [0.4, 0.5) is 9.18 Å². The Labute approximate surface area is 150 Å². The van der Waals surface area contributed by atoms with Crippen molar-refractivity contribution in [1.29, 1.82) is 0 Å². The molecular weight excluding hydrogens is 347 g/mol. The molecule has 0 spiro atoms. The quantitative estimate of drug-likeness (QED) is 0.807. The second kappa shape index (κ2) is 6.78. The number of ether oxygens (including phenoxy) is 1. The number of nitrogens with zero attached hydrogens (tertiary/aromatic N) is 4. The average molecular weight is 369 g/mol. The van der Waals surface area contributed by atoms with Crippen LogP contribution in [0.2, 0.25) is 5.02 Å². The van der Waals surface area contributed by atoms with Crippen molar-refractivity contribution in [1.82, 2.24) is 19.9 Å². The Kier molecular flexibility index (Phi) is 4.86. The number of hydrogen-bond donors (Lipinski definition) is 0. The van der Waals surface area contributed by atoms with E-state index in [1.807, 2.05) is 20.8 Å². The normalized spacial score (nSPS) is 18.6. The Bertz CT molecular complexity index is 787. The molecule has 0 radical (unpaired) electrons. The van der Waals surface area contributed by atoms with Crippen molar-refractivity contribution in [3.8, 4) is 0 Å². The third kappa shape index (κ3) is 4.21. The van der Waals surface area contributed by atoms with E-state index in [-0.39, 0.29) is 17.0 Å². The molecule has 0 aliphatic carbocycles. The van der Waals surface area contributed by atoms with Crippen molar-refractivity contribution in [2.24, 2.45) is 5.92 Å². The van der Waals surface area contributed by atoms with Crippen LogP contribution in [0.15, 0.2) is 12.1 Å². The second-order valence-electron chi connectivity index (χ2n) is 7.46. The molecule has 1 fully saturated rings. The lowest BCUT2D eigenvalue weighted by molar-refractivity contribution is 0.0156. The Balaban J connectivity index is 1.71. The SMILES string of the molecule is CC(C)(C)OC(=O)N1CCCC(Cn2nnc3cc(Cl)c(F)cc32)C1. The minimum atomic E-state index is -0.511. The van der Waals surface area contributed by atoms with Crippen molar-refractivity contribution in [2.45, 2.75) is 45.8 Å². The third-order valence-corrected chi connectivity index (χ3v) is 4.45. The van der Waals surface area contributed by atoms with Gasteiger partial charge in [0.2, 0.25) is 0 Å². The predicted molar refractivity (Wildman–Crippen MR) is 93.0 cm³/mol. The number of rotatable bonds is 2. The molecule has 3 rings (SSSR count). The smallest absolute Gasteiger partial charge is 0.410 e. The summed E-state index contributed by atoms with van der Waals surface area (Å²) in [6.45, 7) is 7.41. The molecule has 6 nitrogen and oxygen atoms in total. The van der Waals surface area contributed by atoms with Crippen LogP contribution >= 0.6 is 11.6 Å². The van der Waals surface area contributed by atoms with Crippen molar-refractivity contribution in [3.05, 3.63) is 23.0 Å². The zero-order valence-electron chi connectivity index (χ0n) is 14.6. The minimum absolute atomic E-state index is 0.0355. The molecule has 1 aliphatic heterocycles. The van der Waals surface area contributed by atoms with Gasteiger partial charge in [0.15, 0.2) is 0 Å². The first-order chi connectivity index (χ1) is 11.7. The molecule has 136 valence electrons. The van der Waals surface area contributed by atoms with Crippen molar-refractivity contribution >= 4 is 28.7 Å². The van der Waals surface area contributed by atoms with Gasteiger partial charge in [-0.2, -0.15) is 0 Å². The topological polar surface area (TPSA) is 60.2 Å². The zero-order valence-corrected chi connectivity index (χ0v) is 15.4. The Morgan fingerprint density at radius 1 is 1.44 bits per heavy atom. The maximum atomic E-state index is 13.7. The molecule has 1 aliphatic rings. The first-order valence-corrected chi connectivity index (χ1v) is 8.77. The summed E-state index contributed by atoms with van der Waals surface area (Å²) in [7, 11) is 0. The summed E-state index contributed by atoms with van der Waals surface area (Å²) < 4.78 is 20.9. The van der Waals surface area contributed by atoms with E-state index < -0.39 is 11.4 Å². The molecule has 1 aromatic carbocycles. The van der Waals surface area contributed by atoms with Gasteiger partial charge in [-0.3, -0.25) is 0 Å². The van der Waals surface area contributed by atoms with Crippen LogP contribution in [0, 0.1) is 11.7 Å². The lowest BCUT2D eigenvalue weighted by Crippen LogP contribution is -2.43. The van der Waals surface area contributed by atoms with Gasteiger partial charge in [0, 0.05) is 25.7 Å². The number of amides is 1. The maximum absolute atomic E-state index is 13.7. The van der Waals surface area contributed by atoms with E-state index in [2.05, 4.69) is 10.3 Å². The van der Waals surface area contributed by atoms with Gasteiger partial charge >= 0.3 is 6.09 Å². The Morgan fingerprint density at radius 3 is 2.92 bits per heavy atom. The van der Waals surface area contributed by atoms with E-state index in [9.17, 15) is 9.18 Å². The fraction of sp³-hybridized carbons (Fsp3) is 0.588. The van der Waals surface area contributed by atoms with Gasteiger partial charge in [-0.25, -0.2) is 13.9 Å². The number of piperidine rings is 1. The minimum Gasteiger partial charge on any atom is -0.444 e. The van der Waals surface area contributed by atoms with E-state index in [1.54, 1.807) is 9.58 Å². The van der Waals surface area contributed by atoms with E-state index >= 15 is 0 Å². The van der Waals surface area contributed by atoms with Gasteiger partial charge in [-0.15, -0.1) is 5.10 Å². The summed E-state index contributed by atoms with van der Waals surface area (Å²) in [4.78, 5) is 14.0. The Hall–Kier alpha value is -1.89. The summed E-state index contributed by atoms with van der Waals surface area (Å²) in [5.41, 5.74) is 0.658. The molecule has 2 heterocycles. The molecule has 1 atom stereocenters. The van der Waals surface area contributed by atoms with Crippen molar-refractivity contribution in [3.63, 3.8) is 0 Å². The lowest BCUT2D eigenvalue weighted by Gasteiger charge is -2.34. The summed E-state index contributed by atoms with van der Waals surface area (Å²) >= 11 is 5.79. The molecule has 2 aromatic rings. The molecule has 1 unspecified atom stereocenters. The average Bonchev–Trinajstić information content (AvgIpc) is 2.88. The van der Waals surface area contributed by atoms with Crippen molar-refractivity contribution < 1.29 is 13.9 Å². The molecule has 8 heteroatoms. The fourth-order valence-corrected chi connectivity index (χ4v) is 3.21. The first-order valence-electron chi connectivity index (χ1n) is 8.39. The van der Waals surface area contributed by atoms with Gasteiger partial charge in [0.1, 0.15) is 16.9 Å². The van der Waals surface area contributed by atoms with Gasteiger partial charge in [0.05, 0.1) is 10.5 Å². The fourth-order valence-electron chi connectivity index (χ4n) is 3.05. The number of fused-ring (bicyclic) bond motifs is 1. The van der Waals surface area contributed by atoms with Gasteiger partial charge in [-0.1, -0.05) is 16.8 Å². The van der Waals surface area contributed by atoms with Gasteiger partial charge < -0.3 is 9.64 Å². The highest BCUT2D eigenvalue weighted by Gasteiger charge is 2.28. The molecule has 0 N–H and O–H groups in total. The molecule has 1 saturated heterocycles. The van der Waals surface area contributed by atoms with E-state index in [0.29, 0.717) is 30.7 Å². The van der Waals surface area contributed by atoms with E-state index in [4.69, 9.17) is 16.3 Å². The highest BCUT2D eigenvalue weighted by atomic mass is 35.5. The summed E-state index contributed by atoms with van der Waals surface area (Å²) in [6, 6.07) is 2.83. The van der Waals surface area contributed by atoms with Gasteiger partial charge in [0.25, 0.3) is 0 Å². The number of halogens is 2. The number of carbonyl (C=O) groups excluding carboxylic acids is 1. The highest BCUT2D eigenvalue weighted by Crippen LogP contribution is 2.24. The second-order valence-corrected chi connectivity index (χ2v) is 7.87.